The Labute approximate surface area is 125 Å². The first-order chi connectivity index (χ1) is 10.0. The normalized spacial score (nSPS) is 27.7. The molecule has 1 amide bonds. The average Bonchev–Trinajstić information content (AvgIpc) is 3.06. The summed E-state index contributed by atoms with van der Waals surface area (Å²) in [5.41, 5.74) is 1.06. The fraction of sp³-hybridized carbons (Fsp3) is 0.533. The van der Waals surface area contributed by atoms with E-state index < -0.39 is 9.84 Å². The number of rotatable bonds is 3. The lowest BCUT2D eigenvalue weighted by molar-refractivity contribution is -0.133. The standard InChI is InChI=1S/C15H20N2O3S/c18-15(12-7-9-21(19,20)11-12)17-8-6-14(10-17)16-13-4-2-1-3-5-13/h1-5,12,14,16H,6-11H2/t12-,14-/m0/s1. The molecule has 6 heteroatoms. The summed E-state index contributed by atoms with van der Waals surface area (Å²) in [5.74, 6) is -0.138. The van der Waals surface area contributed by atoms with Crippen molar-refractivity contribution in [3.05, 3.63) is 30.3 Å². The summed E-state index contributed by atoms with van der Waals surface area (Å²) in [6.07, 6.45) is 1.38. The van der Waals surface area contributed by atoms with Crippen molar-refractivity contribution in [1.82, 2.24) is 4.90 Å². The van der Waals surface area contributed by atoms with Gasteiger partial charge in [0.25, 0.3) is 0 Å². The second-order valence-electron chi connectivity index (χ2n) is 5.88. The lowest BCUT2D eigenvalue weighted by atomic mass is 10.1. The Bertz CT molecular complexity index is 615. The van der Waals surface area contributed by atoms with Crippen molar-refractivity contribution in [3.8, 4) is 0 Å². The maximum absolute atomic E-state index is 12.4. The molecule has 0 spiro atoms. The number of nitrogens with zero attached hydrogens (tertiary/aromatic N) is 1. The van der Waals surface area contributed by atoms with Gasteiger partial charge in [0.2, 0.25) is 5.91 Å². The molecule has 3 rings (SSSR count). The minimum Gasteiger partial charge on any atom is -0.380 e. The van der Waals surface area contributed by atoms with Crippen LogP contribution >= 0.6 is 0 Å². The average molecular weight is 308 g/mol. The van der Waals surface area contributed by atoms with Crippen molar-refractivity contribution in [3.63, 3.8) is 0 Å². The molecule has 2 aliphatic rings. The first-order valence-electron chi connectivity index (χ1n) is 7.34. The lowest BCUT2D eigenvalue weighted by Gasteiger charge is -2.20. The highest BCUT2D eigenvalue weighted by molar-refractivity contribution is 7.91. The zero-order valence-corrected chi connectivity index (χ0v) is 12.7. The summed E-state index contributed by atoms with van der Waals surface area (Å²) < 4.78 is 23.0. The summed E-state index contributed by atoms with van der Waals surface area (Å²) >= 11 is 0. The lowest BCUT2D eigenvalue weighted by Crippen LogP contribution is -2.36. The van der Waals surface area contributed by atoms with Gasteiger partial charge in [-0.2, -0.15) is 0 Å². The number of anilines is 1. The maximum atomic E-state index is 12.4. The Balaban J connectivity index is 1.56. The van der Waals surface area contributed by atoms with Crippen molar-refractivity contribution in [2.24, 2.45) is 5.92 Å². The van der Waals surface area contributed by atoms with Crippen molar-refractivity contribution in [1.29, 1.82) is 0 Å². The number of benzene rings is 1. The molecule has 2 fully saturated rings. The van der Waals surface area contributed by atoms with Gasteiger partial charge in [-0.3, -0.25) is 4.79 Å². The highest BCUT2D eigenvalue weighted by Gasteiger charge is 2.37. The molecule has 0 unspecified atom stereocenters. The number of likely N-dealkylation sites (tertiary alicyclic amines) is 1. The van der Waals surface area contributed by atoms with E-state index in [2.05, 4.69) is 5.32 Å². The van der Waals surface area contributed by atoms with E-state index in [1.165, 1.54) is 0 Å². The van der Waals surface area contributed by atoms with Crippen LogP contribution in [0.1, 0.15) is 12.8 Å². The monoisotopic (exact) mass is 308 g/mol. The molecule has 0 aromatic heterocycles. The number of para-hydroxylation sites is 1. The molecule has 0 saturated carbocycles. The van der Waals surface area contributed by atoms with Gasteiger partial charge in [0.1, 0.15) is 0 Å². The molecular weight excluding hydrogens is 288 g/mol. The Hall–Kier alpha value is -1.56. The predicted molar refractivity (Wildman–Crippen MR) is 81.8 cm³/mol. The molecule has 2 heterocycles. The largest absolute Gasteiger partial charge is 0.380 e. The summed E-state index contributed by atoms with van der Waals surface area (Å²) in [4.78, 5) is 14.2. The molecule has 0 aliphatic carbocycles. The molecule has 5 nitrogen and oxygen atoms in total. The predicted octanol–water partition coefficient (Wildman–Crippen LogP) is 1.13. The van der Waals surface area contributed by atoms with E-state index in [9.17, 15) is 13.2 Å². The van der Waals surface area contributed by atoms with Crippen molar-refractivity contribution >= 4 is 21.4 Å². The van der Waals surface area contributed by atoms with E-state index in [1.807, 2.05) is 35.2 Å². The summed E-state index contributed by atoms with van der Waals surface area (Å²) in [5, 5.41) is 3.42. The van der Waals surface area contributed by atoms with Crippen LogP contribution in [-0.2, 0) is 14.6 Å². The molecule has 2 saturated heterocycles. The molecular formula is C15H20N2O3S. The third-order valence-electron chi connectivity index (χ3n) is 4.23. The molecule has 2 aliphatic heterocycles. The van der Waals surface area contributed by atoms with Crippen molar-refractivity contribution < 1.29 is 13.2 Å². The minimum atomic E-state index is -3.00. The van der Waals surface area contributed by atoms with Gasteiger partial charge < -0.3 is 10.2 Å². The zero-order chi connectivity index (χ0) is 14.9. The number of sulfone groups is 1. The molecule has 114 valence electrons. The molecule has 1 aromatic carbocycles. The van der Waals surface area contributed by atoms with E-state index in [4.69, 9.17) is 0 Å². The van der Waals surface area contributed by atoms with Gasteiger partial charge in [0.15, 0.2) is 9.84 Å². The Morgan fingerprint density at radius 3 is 2.62 bits per heavy atom. The van der Waals surface area contributed by atoms with Crippen LogP contribution in [0.15, 0.2) is 30.3 Å². The number of carbonyl (C=O) groups is 1. The Morgan fingerprint density at radius 2 is 1.95 bits per heavy atom. The fourth-order valence-electron chi connectivity index (χ4n) is 3.10. The third-order valence-corrected chi connectivity index (χ3v) is 5.99. The quantitative estimate of drug-likeness (QED) is 0.909. The Morgan fingerprint density at radius 1 is 1.19 bits per heavy atom. The number of nitrogens with one attached hydrogen (secondary N) is 1. The molecule has 0 bridgehead atoms. The minimum absolute atomic E-state index is 0.00781. The summed E-state index contributed by atoms with van der Waals surface area (Å²) in [6.45, 7) is 1.37. The number of hydrogen-bond donors (Lipinski definition) is 1. The highest BCUT2D eigenvalue weighted by Crippen LogP contribution is 2.24. The van der Waals surface area contributed by atoms with Crippen LogP contribution in [0.5, 0.6) is 0 Å². The molecule has 1 N–H and O–H groups in total. The molecule has 1 aromatic rings. The zero-order valence-electron chi connectivity index (χ0n) is 11.9. The van der Waals surface area contributed by atoms with Crippen LogP contribution < -0.4 is 5.32 Å². The van der Waals surface area contributed by atoms with Gasteiger partial charge in [0, 0.05) is 24.8 Å². The van der Waals surface area contributed by atoms with Crippen molar-refractivity contribution in [2.45, 2.75) is 18.9 Å². The molecule has 0 radical (unpaired) electrons. The summed E-state index contributed by atoms with van der Waals surface area (Å²) in [6, 6.07) is 10.2. The highest BCUT2D eigenvalue weighted by atomic mass is 32.2. The second kappa shape index (κ2) is 5.67. The van der Waals surface area contributed by atoms with Crippen LogP contribution in [-0.4, -0.2) is 49.9 Å². The van der Waals surface area contributed by atoms with Gasteiger partial charge in [-0.1, -0.05) is 18.2 Å². The summed E-state index contributed by atoms with van der Waals surface area (Å²) in [7, 11) is -3.00. The van der Waals surface area contributed by atoms with Gasteiger partial charge >= 0.3 is 0 Å². The smallest absolute Gasteiger partial charge is 0.226 e. The SMILES string of the molecule is O=C([C@H]1CCS(=O)(=O)C1)N1CC[C@H](Nc2ccccc2)C1. The number of carbonyl (C=O) groups excluding carboxylic acids is 1. The van der Waals surface area contributed by atoms with E-state index in [-0.39, 0.29) is 29.4 Å². The topological polar surface area (TPSA) is 66.5 Å². The van der Waals surface area contributed by atoms with Crippen LogP contribution in [0, 0.1) is 5.92 Å². The molecule has 21 heavy (non-hydrogen) atoms. The molecule has 2 atom stereocenters. The van der Waals surface area contributed by atoms with Crippen LogP contribution in [0.25, 0.3) is 0 Å². The number of hydrogen-bond acceptors (Lipinski definition) is 4. The van der Waals surface area contributed by atoms with E-state index >= 15 is 0 Å². The van der Waals surface area contributed by atoms with Gasteiger partial charge in [0.05, 0.1) is 17.4 Å². The van der Waals surface area contributed by atoms with E-state index in [0.29, 0.717) is 19.5 Å². The third kappa shape index (κ3) is 3.37. The van der Waals surface area contributed by atoms with Crippen LogP contribution in [0.2, 0.25) is 0 Å². The first kappa shape index (κ1) is 14.4. The van der Waals surface area contributed by atoms with Crippen LogP contribution in [0.4, 0.5) is 5.69 Å². The first-order valence-corrected chi connectivity index (χ1v) is 9.16. The van der Waals surface area contributed by atoms with E-state index in [0.717, 1.165) is 12.1 Å². The Kier molecular flexibility index (Phi) is 3.89. The van der Waals surface area contributed by atoms with Crippen LogP contribution in [0.3, 0.4) is 0 Å². The van der Waals surface area contributed by atoms with E-state index in [1.54, 1.807) is 0 Å². The van der Waals surface area contributed by atoms with Gasteiger partial charge in [-0.15, -0.1) is 0 Å². The fourth-order valence-corrected chi connectivity index (χ4v) is 4.83. The number of amides is 1. The maximum Gasteiger partial charge on any atom is 0.226 e. The van der Waals surface area contributed by atoms with Gasteiger partial charge in [-0.05, 0) is 25.0 Å². The van der Waals surface area contributed by atoms with Gasteiger partial charge in [-0.25, -0.2) is 8.42 Å². The second-order valence-corrected chi connectivity index (χ2v) is 8.11. The van der Waals surface area contributed by atoms with Crippen molar-refractivity contribution in [2.75, 3.05) is 29.9 Å².